The van der Waals surface area contributed by atoms with Crippen LogP contribution in [0.15, 0.2) is 84.0 Å². The van der Waals surface area contributed by atoms with Gasteiger partial charge in [0.15, 0.2) is 0 Å². The van der Waals surface area contributed by atoms with Gasteiger partial charge in [0.05, 0.1) is 4.90 Å². The molecular weight excluding hydrogens is 424 g/mol. The van der Waals surface area contributed by atoms with Gasteiger partial charge in [0, 0.05) is 24.9 Å². The van der Waals surface area contributed by atoms with Crippen molar-refractivity contribution in [3.63, 3.8) is 0 Å². The Balaban J connectivity index is 0.000000278. The maximum absolute atomic E-state index is 10.5. The summed E-state index contributed by atoms with van der Waals surface area (Å²) in [5.74, 6) is 0.259. The summed E-state index contributed by atoms with van der Waals surface area (Å²) < 4.78 is 29.6. The predicted octanol–water partition coefficient (Wildman–Crippen LogP) is 3.49. The van der Waals surface area contributed by atoms with Crippen LogP contribution < -0.4 is 0 Å². The van der Waals surface area contributed by atoms with Crippen LogP contribution in [0.2, 0.25) is 0 Å². The van der Waals surface area contributed by atoms with E-state index in [0.29, 0.717) is 0 Å². The summed E-state index contributed by atoms with van der Waals surface area (Å²) in [6.45, 7) is 2.04. The summed E-state index contributed by atoms with van der Waals surface area (Å²) >= 11 is 0. The van der Waals surface area contributed by atoms with E-state index in [-0.39, 0.29) is 17.4 Å². The first-order valence-electron chi connectivity index (χ1n) is 9.08. The molecule has 1 atom stereocenters. The number of aliphatic hydroxyl groups excluding tert-OH is 1. The Morgan fingerprint density at radius 1 is 0.968 bits per heavy atom. The average Bonchev–Trinajstić information content (AvgIpc) is 2.73. The second-order valence-corrected chi connectivity index (χ2v) is 7.70. The second kappa shape index (κ2) is 13.1. The maximum Gasteiger partial charge on any atom is 0.294 e. The first-order chi connectivity index (χ1) is 14.6. The number of hydrogen-bond acceptors (Lipinski definition) is 6. The third-order valence-corrected chi connectivity index (χ3v) is 4.91. The van der Waals surface area contributed by atoms with E-state index in [1.165, 1.54) is 23.3 Å². The van der Waals surface area contributed by atoms with Gasteiger partial charge in [0.25, 0.3) is 15.2 Å². The van der Waals surface area contributed by atoms with E-state index in [0.717, 1.165) is 12.0 Å². The van der Waals surface area contributed by atoms with Crippen molar-refractivity contribution in [2.45, 2.75) is 24.2 Å². The summed E-state index contributed by atoms with van der Waals surface area (Å²) in [7, 11) is -4.02. The summed E-state index contributed by atoms with van der Waals surface area (Å²) in [6.07, 6.45) is 4.33. The van der Waals surface area contributed by atoms with Gasteiger partial charge in [-0.1, -0.05) is 48.0 Å². The first-order valence-corrected chi connectivity index (χ1v) is 10.5. The molecular formula is C21H24N2O7S. The van der Waals surface area contributed by atoms with Gasteiger partial charge in [-0.25, -0.2) is 0 Å². The van der Waals surface area contributed by atoms with Gasteiger partial charge in [-0.2, -0.15) is 8.42 Å². The van der Waals surface area contributed by atoms with Gasteiger partial charge in [0.2, 0.25) is 0 Å². The van der Waals surface area contributed by atoms with E-state index in [1.54, 1.807) is 24.5 Å². The van der Waals surface area contributed by atoms with Crippen LogP contribution in [0.5, 0.6) is 0 Å². The second-order valence-electron chi connectivity index (χ2n) is 6.28. The number of aromatic nitrogens is 1. The smallest absolute Gasteiger partial charge is 0.294 e. The Labute approximate surface area is 180 Å². The molecule has 0 aliphatic heterocycles. The highest BCUT2D eigenvalue weighted by Crippen LogP contribution is 2.26. The SMILES string of the molecule is Cc1ccc(S(=O)(=O)O)cc1.O=[N+]([O-])O.OCCC(c1ccccc1)c1ccncc1. The zero-order valence-electron chi connectivity index (χ0n) is 16.8. The van der Waals surface area contributed by atoms with E-state index in [9.17, 15) is 8.42 Å². The minimum atomic E-state index is -4.02. The fourth-order valence-electron chi connectivity index (χ4n) is 2.65. The molecule has 166 valence electrons. The highest BCUT2D eigenvalue weighted by atomic mass is 32.2. The zero-order valence-corrected chi connectivity index (χ0v) is 17.6. The Hall–Kier alpha value is -3.34. The van der Waals surface area contributed by atoms with Crippen molar-refractivity contribution >= 4 is 10.1 Å². The minimum absolute atomic E-state index is 0.0666. The van der Waals surface area contributed by atoms with E-state index in [4.69, 9.17) is 25.0 Å². The summed E-state index contributed by atoms with van der Waals surface area (Å²) in [4.78, 5) is 12.3. The molecule has 1 aromatic heterocycles. The van der Waals surface area contributed by atoms with E-state index < -0.39 is 15.2 Å². The van der Waals surface area contributed by atoms with E-state index in [1.807, 2.05) is 37.3 Å². The van der Waals surface area contributed by atoms with Crippen molar-refractivity contribution in [1.29, 1.82) is 0 Å². The van der Waals surface area contributed by atoms with Crippen molar-refractivity contribution in [2.75, 3.05) is 6.61 Å². The number of pyridine rings is 1. The molecule has 0 aliphatic carbocycles. The molecule has 3 aromatic rings. The molecule has 31 heavy (non-hydrogen) atoms. The van der Waals surface area contributed by atoms with Crippen molar-refractivity contribution in [3.05, 3.63) is 106 Å². The van der Waals surface area contributed by atoms with Crippen LogP contribution in [0.25, 0.3) is 0 Å². The largest absolute Gasteiger partial charge is 0.396 e. The van der Waals surface area contributed by atoms with Gasteiger partial charge >= 0.3 is 0 Å². The molecule has 9 nitrogen and oxygen atoms in total. The lowest BCUT2D eigenvalue weighted by Crippen LogP contribution is -2.03. The van der Waals surface area contributed by atoms with E-state index in [2.05, 4.69) is 17.1 Å². The fraction of sp³-hybridized carbons (Fsp3) is 0.190. The average molecular weight is 448 g/mol. The van der Waals surface area contributed by atoms with Crippen molar-refractivity contribution in [3.8, 4) is 0 Å². The molecule has 1 heterocycles. The molecule has 0 spiro atoms. The summed E-state index contributed by atoms with van der Waals surface area (Å²) in [6, 6.07) is 20.3. The number of rotatable bonds is 5. The van der Waals surface area contributed by atoms with Crippen LogP contribution >= 0.6 is 0 Å². The highest BCUT2D eigenvalue weighted by Gasteiger charge is 2.12. The standard InChI is InChI=1S/C14H15NO.C7H8O3S.HNO3/c16-11-8-14(12-4-2-1-3-5-12)13-6-9-15-10-7-13;1-6-2-4-7(5-3-6)11(8,9)10;2-1(3)4/h1-7,9-10,14,16H,8,11H2;2-5H,1H3,(H,8,9,10);(H,2,3,4). The molecule has 0 amide bonds. The van der Waals surface area contributed by atoms with Crippen LogP contribution in [-0.2, 0) is 10.1 Å². The zero-order chi connectivity index (χ0) is 23.3. The molecule has 0 fully saturated rings. The molecule has 0 bridgehead atoms. The molecule has 0 aliphatic rings. The number of aryl methyl sites for hydroxylation is 1. The van der Waals surface area contributed by atoms with Crippen molar-refractivity contribution < 1.29 is 28.4 Å². The Morgan fingerprint density at radius 3 is 1.90 bits per heavy atom. The molecule has 0 saturated heterocycles. The van der Waals surface area contributed by atoms with E-state index >= 15 is 0 Å². The van der Waals surface area contributed by atoms with Crippen LogP contribution in [-0.4, -0.2) is 40.0 Å². The lowest BCUT2D eigenvalue weighted by Gasteiger charge is -2.16. The molecule has 0 radical (unpaired) electrons. The number of hydrogen-bond donors (Lipinski definition) is 3. The van der Waals surface area contributed by atoms with Crippen LogP contribution in [0.1, 0.15) is 29.0 Å². The van der Waals surface area contributed by atoms with Crippen molar-refractivity contribution in [2.24, 2.45) is 0 Å². The third-order valence-electron chi connectivity index (χ3n) is 4.05. The van der Waals surface area contributed by atoms with Crippen molar-refractivity contribution in [1.82, 2.24) is 4.98 Å². The molecule has 3 rings (SSSR count). The van der Waals surface area contributed by atoms with Crippen LogP contribution in [0.4, 0.5) is 0 Å². The quantitative estimate of drug-likeness (QED) is 0.305. The number of aliphatic hydroxyl groups is 1. The maximum atomic E-state index is 10.5. The normalized spacial score (nSPS) is 11.2. The number of nitrogens with zero attached hydrogens (tertiary/aromatic N) is 2. The van der Waals surface area contributed by atoms with Crippen LogP contribution in [0, 0.1) is 17.0 Å². The van der Waals surface area contributed by atoms with Gasteiger partial charge in [-0.3, -0.25) is 9.54 Å². The fourth-order valence-corrected chi connectivity index (χ4v) is 3.13. The monoisotopic (exact) mass is 448 g/mol. The topological polar surface area (TPSA) is 151 Å². The number of benzene rings is 2. The lowest BCUT2D eigenvalue weighted by molar-refractivity contribution is -0.742. The Morgan fingerprint density at radius 2 is 1.45 bits per heavy atom. The highest BCUT2D eigenvalue weighted by molar-refractivity contribution is 7.85. The van der Waals surface area contributed by atoms with Crippen LogP contribution in [0.3, 0.4) is 0 Å². The predicted molar refractivity (Wildman–Crippen MR) is 114 cm³/mol. The first kappa shape index (κ1) is 25.7. The minimum Gasteiger partial charge on any atom is -0.396 e. The summed E-state index contributed by atoms with van der Waals surface area (Å²) in [5.41, 5.74) is 3.40. The van der Waals surface area contributed by atoms with Gasteiger partial charge in [0.1, 0.15) is 0 Å². The Bertz CT molecular complexity index is 969. The molecule has 10 heteroatoms. The Kier molecular flexibility index (Phi) is 10.8. The lowest BCUT2D eigenvalue weighted by atomic mass is 9.89. The molecule has 0 saturated carbocycles. The molecule has 2 aromatic carbocycles. The van der Waals surface area contributed by atoms with Gasteiger partial charge in [-0.05, 0) is 48.7 Å². The summed E-state index contributed by atoms with van der Waals surface area (Å²) in [5, 5.41) is 22.8. The van der Waals surface area contributed by atoms with Gasteiger partial charge < -0.3 is 10.3 Å². The third kappa shape index (κ3) is 10.3. The molecule has 3 N–H and O–H groups in total. The molecule has 1 unspecified atom stereocenters. The van der Waals surface area contributed by atoms with Gasteiger partial charge in [-0.15, -0.1) is 10.1 Å².